The van der Waals surface area contributed by atoms with Crippen molar-refractivity contribution in [3.05, 3.63) is 48.4 Å². The van der Waals surface area contributed by atoms with Gasteiger partial charge in [-0.2, -0.15) is 0 Å². The minimum atomic E-state index is -0.527. The number of allylic oxidation sites excluding steroid dienone is 2. The summed E-state index contributed by atoms with van der Waals surface area (Å²) in [7, 11) is 0. The van der Waals surface area contributed by atoms with E-state index in [2.05, 4.69) is 11.9 Å². The second-order valence-electron chi connectivity index (χ2n) is 3.79. The van der Waals surface area contributed by atoms with Gasteiger partial charge in [-0.05, 0) is 24.3 Å². The molecule has 0 aliphatic carbocycles. The van der Waals surface area contributed by atoms with Crippen LogP contribution >= 0.6 is 0 Å². The van der Waals surface area contributed by atoms with E-state index >= 15 is 0 Å². The fourth-order valence-electron chi connectivity index (χ4n) is 1.87. The predicted molar refractivity (Wildman–Crippen MR) is 66.5 cm³/mol. The van der Waals surface area contributed by atoms with E-state index in [4.69, 9.17) is 0 Å². The standard InChI is InChI=1S/C13H14F2N2/c1-10(3-2-6-14)17-8-7-16-12-5-4-11(15)9-13(12)17/h2-5,9,16H,1,6-8H2/b3-2-. The lowest BCUT2D eigenvalue weighted by Crippen LogP contribution is -2.32. The Balaban J connectivity index is 2.30. The van der Waals surface area contributed by atoms with Crippen molar-refractivity contribution in [2.45, 2.75) is 0 Å². The van der Waals surface area contributed by atoms with E-state index in [1.165, 1.54) is 18.2 Å². The molecule has 0 spiro atoms. The average molecular weight is 236 g/mol. The monoisotopic (exact) mass is 236 g/mol. The van der Waals surface area contributed by atoms with Crippen molar-refractivity contribution in [3.63, 3.8) is 0 Å². The first-order valence-electron chi connectivity index (χ1n) is 5.45. The summed E-state index contributed by atoms with van der Waals surface area (Å²) >= 11 is 0. The number of hydrogen-bond donors (Lipinski definition) is 1. The Morgan fingerprint density at radius 1 is 1.53 bits per heavy atom. The van der Waals surface area contributed by atoms with Crippen LogP contribution in [0, 0.1) is 5.82 Å². The van der Waals surface area contributed by atoms with E-state index in [0.717, 1.165) is 17.9 Å². The normalized spacial score (nSPS) is 14.6. The molecule has 1 N–H and O–H groups in total. The summed E-state index contributed by atoms with van der Waals surface area (Å²) in [5.74, 6) is -0.292. The number of hydrogen-bond acceptors (Lipinski definition) is 2. The molecule has 0 amide bonds. The molecule has 17 heavy (non-hydrogen) atoms. The minimum absolute atomic E-state index is 0.292. The maximum atomic E-state index is 13.2. The van der Waals surface area contributed by atoms with E-state index in [1.54, 1.807) is 12.1 Å². The lowest BCUT2D eigenvalue weighted by atomic mass is 10.1. The quantitative estimate of drug-likeness (QED) is 0.811. The molecule has 0 saturated carbocycles. The number of halogens is 2. The predicted octanol–water partition coefficient (Wildman–Crippen LogP) is 3.10. The number of anilines is 2. The van der Waals surface area contributed by atoms with E-state index in [-0.39, 0.29) is 5.82 Å². The second-order valence-corrected chi connectivity index (χ2v) is 3.79. The van der Waals surface area contributed by atoms with Crippen LogP contribution in [-0.4, -0.2) is 19.8 Å². The van der Waals surface area contributed by atoms with E-state index in [9.17, 15) is 8.78 Å². The van der Waals surface area contributed by atoms with Gasteiger partial charge in [-0.25, -0.2) is 8.78 Å². The van der Waals surface area contributed by atoms with Gasteiger partial charge in [-0.3, -0.25) is 0 Å². The highest BCUT2D eigenvalue weighted by Gasteiger charge is 2.17. The molecule has 4 heteroatoms. The third-order valence-corrected chi connectivity index (χ3v) is 2.65. The molecule has 0 radical (unpaired) electrons. The van der Waals surface area contributed by atoms with Crippen molar-refractivity contribution in [1.29, 1.82) is 0 Å². The molecule has 1 aliphatic rings. The van der Waals surface area contributed by atoms with Crippen molar-refractivity contribution in [2.75, 3.05) is 30.0 Å². The fraction of sp³-hybridized carbons (Fsp3) is 0.231. The molecule has 0 saturated heterocycles. The van der Waals surface area contributed by atoms with Gasteiger partial charge in [0.2, 0.25) is 0 Å². The molecule has 2 nitrogen and oxygen atoms in total. The first kappa shape index (κ1) is 11.6. The maximum absolute atomic E-state index is 13.2. The molecule has 1 heterocycles. The highest BCUT2D eigenvalue weighted by atomic mass is 19.1. The summed E-state index contributed by atoms with van der Waals surface area (Å²) < 4.78 is 25.3. The topological polar surface area (TPSA) is 15.3 Å². The van der Waals surface area contributed by atoms with Crippen LogP contribution < -0.4 is 10.2 Å². The van der Waals surface area contributed by atoms with Gasteiger partial charge in [-0.15, -0.1) is 0 Å². The van der Waals surface area contributed by atoms with E-state index in [0.29, 0.717) is 12.2 Å². The highest BCUT2D eigenvalue weighted by Crippen LogP contribution is 2.31. The number of alkyl halides is 1. The molecular formula is C13H14F2N2. The largest absolute Gasteiger partial charge is 0.382 e. The summed E-state index contributed by atoms with van der Waals surface area (Å²) in [5.41, 5.74) is 2.27. The first-order chi connectivity index (χ1) is 8.22. The van der Waals surface area contributed by atoms with Crippen molar-refractivity contribution in [3.8, 4) is 0 Å². The molecule has 0 aromatic heterocycles. The SMILES string of the molecule is C=C(/C=C\CF)N1CCNc2ccc(F)cc21. The van der Waals surface area contributed by atoms with Gasteiger partial charge in [-0.1, -0.05) is 12.7 Å². The summed E-state index contributed by atoms with van der Waals surface area (Å²) in [6.45, 7) is 4.78. The van der Waals surface area contributed by atoms with Crippen LogP contribution in [0.2, 0.25) is 0 Å². The zero-order chi connectivity index (χ0) is 12.3. The molecule has 0 bridgehead atoms. The van der Waals surface area contributed by atoms with Crippen LogP contribution in [0.15, 0.2) is 42.6 Å². The lowest BCUT2D eigenvalue weighted by molar-refractivity contribution is 0.561. The van der Waals surface area contributed by atoms with Crippen LogP contribution in [-0.2, 0) is 0 Å². The van der Waals surface area contributed by atoms with E-state index < -0.39 is 6.67 Å². The molecule has 0 fully saturated rings. The van der Waals surface area contributed by atoms with Crippen LogP contribution in [0.4, 0.5) is 20.2 Å². The zero-order valence-corrected chi connectivity index (χ0v) is 9.42. The summed E-state index contributed by atoms with van der Waals surface area (Å²) in [6, 6.07) is 4.56. The molecule has 90 valence electrons. The molecule has 1 aromatic carbocycles. The Hall–Kier alpha value is -1.84. The lowest BCUT2D eigenvalue weighted by Gasteiger charge is -2.32. The maximum Gasteiger partial charge on any atom is 0.125 e. The highest BCUT2D eigenvalue weighted by molar-refractivity contribution is 5.74. The first-order valence-corrected chi connectivity index (χ1v) is 5.45. The molecular weight excluding hydrogens is 222 g/mol. The Morgan fingerprint density at radius 3 is 3.12 bits per heavy atom. The molecule has 1 aromatic rings. The smallest absolute Gasteiger partial charge is 0.125 e. The van der Waals surface area contributed by atoms with Gasteiger partial charge >= 0.3 is 0 Å². The van der Waals surface area contributed by atoms with Crippen LogP contribution in [0.1, 0.15) is 0 Å². The third kappa shape index (κ3) is 2.46. The average Bonchev–Trinajstić information content (AvgIpc) is 2.35. The summed E-state index contributed by atoms with van der Waals surface area (Å²) in [5, 5.41) is 3.18. The Morgan fingerprint density at radius 2 is 2.35 bits per heavy atom. The minimum Gasteiger partial charge on any atom is -0.382 e. The van der Waals surface area contributed by atoms with Crippen molar-refractivity contribution < 1.29 is 8.78 Å². The molecule has 1 aliphatic heterocycles. The van der Waals surface area contributed by atoms with Gasteiger partial charge < -0.3 is 10.2 Å². The van der Waals surface area contributed by atoms with Gasteiger partial charge in [0.05, 0.1) is 11.4 Å². The van der Waals surface area contributed by atoms with Gasteiger partial charge in [0, 0.05) is 18.8 Å². The number of nitrogens with zero attached hydrogens (tertiary/aromatic N) is 1. The van der Waals surface area contributed by atoms with Gasteiger partial charge in [0.15, 0.2) is 0 Å². The fourth-order valence-corrected chi connectivity index (χ4v) is 1.87. The second kappa shape index (κ2) is 4.99. The number of rotatable bonds is 3. The Labute approximate surface area is 99.2 Å². The van der Waals surface area contributed by atoms with Crippen LogP contribution in [0.25, 0.3) is 0 Å². The number of benzene rings is 1. The van der Waals surface area contributed by atoms with Crippen molar-refractivity contribution in [1.82, 2.24) is 0 Å². The third-order valence-electron chi connectivity index (χ3n) is 2.65. The number of fused-ring (bicyclic) bond motifs is 1. The summed E-state index contributed by atoms with van der Waals surface area (Å²) in [6.07, 6.45) is 3.00. The Kier molecular flexibility index (Phi) is 3.42. The van der Waals surface area contributed by atoms with Crippen LogP contribution in [0.3, 0.4) is 0 Å². The summed E-state index contributed by atoms with van der Waals surface area (Å²) in [4.78, 5) is 1.88. The van der Waals surface area contributed by atoms with Crippen molar-refractivity contribution in [2.24, 2.45) is 0 Å². The Bertz CT molecular complexity index is 455. The van der Waals surface area contributed by atoms with Crippen LogP contribution in [0.5, 0.6) is 0 Å². The van der Waals surface area contributed by atoms with Gasteiger partial charge in [0.25, 0.3) is 0 Å². The number of nitrogens with one attached hydrogen (secondary N) is 1. The molecule has 2 rings (SSSR count). The van der Waals surface area contributed by atoms with E-state index in [1.807, 2.05) is 4.90 Å². The van der Waals surface area contributed by atoms with Gasteiger partial charge in [0.1, 0.15) is 12.5 Å². The van der Waals surface area contributed by atoms with Crippen molar-refractivity contribution >= 4 is 11.4 Å². The molecule has 0 unspecified atom stereocenters. The zero-order valence-electron chi connectivity index (χ0n) is 9.42. The molecule has 0 atom stereocenters.